The lowest BCUT2D eigenvalue weighted by Crippen LogP contribution is -2.50. The lowest BCUT2D eigenvalue weighted by atomic mass is 9.91. The summed E-state index contributed by atoms with van der Waals surface area (Å²) in [5.41, 5.74) is 1.14. The first-order chi connectivity index (χ1) is 12.1. The van der Waals surface area contributed by atoms with Gasteiger partial charge in [0.25, 0.3) is 0 Å². The predicted molar refractivity (Wildman–Crippen MR) is 94.4 cm³/mol. The van der Waals surface area contributed by atoms with Gasteiger partial charge in [-0.1, -0.05) is 0 Å². The van der Waals surface area contributed by atoms with Gasteiger partial charge in [-0.2, -0.15) is 0 Å². The molecule has 1 aromatic carbocycles. The van der Waals surface area contributed by atoms with E-state index in [9.17, 15) is 9.18 Å². The fourth-order valence-corrected chi connectivity index (χ4v) is 4.43. The number of hydrogen-bond acceptors (Lipinski definition) is 4. The highest BCUT2D eigenvalue weighted by Gasteiger charge is 2.58. The maximum absolute atomic E-state index is 13.9. The van der Waals surface area contributed by atoms with Crippen molar-refractivity contribution >= 4 is 11.6 Å². The smallest absolute Gasteiger partial charge is 0.226 e. The number of piperidine rings is 1. The summed E-state index contributed by atoms with van der Waals surface area (Å²) in [6.45, 7) is 5.02. The Bertz CT molecular complexity index is 652. The molecule has 2 aliphatic heterocycles. The zero-order chi connectivity index (χ0) is 17.4. The first kappa shape index (κ1) is 16.6. The first-order valence-corrected chi connectivity index (χ1v) is 9.21. The average Bonchev–Trinajstić information content (AvgIpc) is 3.34. The Balaban J connectivity index is 1.34. The van der Waals surface area contributed by atoms with E-state index in [1.807, 2.05) is 11.0 Å². The van der Waals surface area contributed by atoms with Crippen LogP contribution in [0.15, 0.2) is 18.2 Å². The van der Waals surface area contributed by atoms with Crippen molar-refractivity contribution in [2.24, 2.45) is 11.3 Å². The molecule has 1 aliphatic carbocycles. The topological polar surface area (TPSA) is 44.8 Å². The quantitative estimate of drug-likeness (QED) is 0.907. The molecule has 0 aromatic heterocycles. The van der Waals surface area contributed by atoms with Gasteiger partial charge < -0.3 is 19.9 Å². The number of benzene rings is 1. The summed E-state index contributed by atoms with van der Waals surface area (Å²) in [6.07, 6.45) is 3.33. The third-order valence-electron chi connectivity index (χ3n) is 6.18. The Hall–Kier alpha value is -1.82. The van der Waals surface area contributed by atoms with E-state index in [-0.39, 0.29) is 17.5 Å². The number of amides is 1. The molecule has 2 saturated heterocycles. The maximum atomic E-state index is 13.9. The monoisotopic (exact) mass is 347 g/mol. The summed E-state index contributed by atoms with van der Waals surface area (Å²) in [4.78, 5) is 17.0. The second-order valence-electron chi connectivity index (χ2n) is 7.50. The highest BCUT2D eigenvalue weighted by atomic mass is 19.1. The van der Waals surface area contributed by atoms with Gasteiger partial charge >= 0.3 is 0 Å². The number of methoxy groups -OCH3 is 1. The van der Waals surface area contributed by atoms with Crippen LogP contribution in [-0.2, 0) is 4.79 Å². The number of halogens is 1. The van der Waals surface area contributed by atoms with Crippen LogP contribution in [-0.4, -0.2) is 57.2 Å². The van der Waals surface area contributed by atoms with Crippen molar-refractivity contribution in [3.63, 3.8) is 0 Å². The molecule has 2 heterocycles. The number of hydrogen-bond donors (Lipinski definition) is 1. The van der Waals surface area contributed by atoms with E-state index in [1.54, 1.807) is 6.07 Å². The molecule has 5 nitrogen and oxygen atoms in total. The van der Waals surface area contributed by atoms with Crippen molar-refractivity contribution in [2.45, 2.75) is 19.3 Å². The number of ether oxygens (including phenoxy) is 1. The third kappa shape index (κ3) is 3.08. The number of nitrogens with one attached hydrogen (secondary N) is 1. The van der Waals surface area contributed by atoms with E-state index in [1.165, 1.54) is 13.2 Å². The van der Waals surface area contributed by atoms with Crippen LogP contribution < -0.4 is 15.0 Å². The fourth-order valence-electron chi connectivity index (χ4n) is 4.43. The molecule has 6 heteroatoms. The maximum Gasteiger partial charge on any atom is 0.226 e. The number of piperazine rings is 1. The summed E-state index contributed by atoms with van der Waals surface area (Å²) in [6, 6.07) is 5.05. The molecule has 1 aromatic rings. The van der Waals surface area contributed by atoms with Gasteiger partial charge in [0.1, 0.15) is 0 Å². The van der Waals surface area contributed by atoms with Crippen LogP contribution in [0.1, 0.15) is 19.3 Å². The highest BCUT2D eigenvalue weighted by Crippen LogP contribution is 2.59. The first-order valence-electron chi connectivity index (χ1n) is 9.21. The number of rotatable bonds is 3. The van der Waals surface area contributed by atoms with Crippen LogP contribution in [0.4, 0.5) is 10.1 Å². The summed E-state index contributed by atoms with van der Waals surface area (Å²) in [5.74, 6) is 0.491. The van der Waals surface area contributed by atoms with Crippen molar-refractivity contribution in [1.29, 1.82) is 0 Å². The number of carbonyl (C=O) groups is 1. The van der Waals surface area contributed by atoms with E-state index >= 15 is 0 Å². The third-order valence-corrected chi connectivity index (χ3v) is 6.18. The van der Waals surface area contributed by atoms with Crippen LogP contribution in [0.25, 0.3) is 0 Å². The lowest BCUT2D eigenvalue weighted by molar-refractivity contribution is -0.133. The second-order valence-corrected chi connectivity index (χ2v) is 7.50. The van der Waals surface area contributed by atoms with Gasteiger partial charge in [-0.3, -0.25) is 4.79 Å². The molecule has 0 bridgehead atoms. The van der Waals surface area contributed by atoms with Crippen molar-refractivity contribution in [1.82, 2.24) is 10.2 Å². The van der Waals surface area contributed by atoms with Crippen molar-refractivity contribution < 1.29 is 13.9 Å². The Kier molecular flexibility index (Phi) is 4.31. The molecule has 1 saturated carbocycles. The van der Waals surface area contributed by atoms with Crippen molar-refractivity contribution in [2.75, 3.05) is 51.3 Å². The summed E-state index contributed by atoms with van der Waals surface area (Å²) in [7, 11) is 1.47. The fraction of sp³-hybridized carbons (Fsp3) is 0.632. The van der Waals surface area contributed by atoms with E-state index in [4.69, 9.17) is 4.74 Å². The van der Waals surface area contributed by atoms with Gasteiger partial charge in [0, 0.05) is 43.9 Å². The Morgan fingerprint density at radius 3 is 2.60 bits per heavy atom. The van der Waals surface area contributed by atoms with Gasteiger partial charge in [-0.05, 0) is 49.9 Å². The largest absolute Gasteiger partial charge is 0.494 e. The number of carbonyl (C=O) groups excluding carboxylic acids is 1. The van der Waals surface area contributed by atoms with Gasteiger partial charge in [0.15, 0.2) is 11.6 Å². The SMILES string of the molecule is COc1ccc(N2CCN(C(=O)[C@@H]3CC34CCNCC4)CC2)cc1F. The number of nitrogens with zero attached hydrogens (tertiary/aromatic N) is 2. The molecule has 1 amide bonds. The number of anilines is 1. The Morgan fingerprint density at radius 1 is 1.24 bits per heavy atom. The summed E-state index contributed by atoms with van der Waals surface area (Å²) in [5, 5.41) is 3.38. The molecule has 1 spiro atoms. The standard InChI is InChI=1S/C19H26FN3O2/c1-25-17-3-2-14(12-16(17)20)22-8-10-23(11-9-22)18(24)15-13-19(15)4-6-21-7-5-19/h2-3,12,15,21H,4-11,13H2,1H3/t15-/m0/s1. The zero-order valence-corrected chi connectivity index (χ0v) is 14.8. The lowest BCUT2D eigenvalue weighted by Gasteiger charge is -2.37. The molecule has 3 fully saturated rings. The molecule has 136 valence electrons. The minimum absolute atomic E-state index is 0.236. The Morgan fingerprint density at radius 2 is 1.96 bits per heavy atom. The molecule has 0 unspecified atom stereocenters. The van der Waals surface area contributed by atoms with E-state index in [0.29, 0.717) is 11.3 Å². The van der Waals surface area contributed by atoms with Crippen LogP contribution in [0, 0.1) is 17.2 Å². The van der Waals surface area contributed by atoms with Crippen LogP contribution in [0.2, 0.25) is 0 Å². The van der Waals surface area contributed by atoms with Gasteiger partial charge in [0.05, 0.1) is 7.11 Å². The van der Waals surface area contributed by atoms with Crippen LogP contribution >= 0.6 is 0 Å². The van der Waals surface area contributed by atoms with Crippen molar-refractivity contribution in [3.05, 3.63) is 24.0 Å². The van der Waals surface area contributed by atoms with Gasteiger partial charge in [-0.25, -0.2) is 4.39 Å². The molecule has 1 N–H and O–H groups in total. The molecule has 25 heavy (non-hydrogen) atoms. The zero-order valence-electron chi connectivity index (χ0n) is 14.8. The molecule has 4 rings (SSSR count). The van der Waals surface area contributed by atoms with Crippen LogP contribution in [0.3, 0.4) is 0 Å². The van der Waals surface area contributed by atoms with Crippen molar-refractivity contribution in [3.8, 4) is 5.75 Å². The van der Waals surface area contributed by atoms with Gasteiger partial charge in [0.2, 0.25) is 5.91 Å². The molecule has 3 aliphatic rings. The minimum Gasteiger partial charge on any atom is -0.494 e. The summed E-state index contributed by atoms with van der Waals surface area (Å²) >= 11 is 0. The Labute approximate surface area is 148 Å². The molecular weight excluding hydrogens is 321 g/mol. The molecule has 1 atom stereocenters. The van der Waals surface area contributed by atoms with Gasteiger partial charge in [-0.15, -0.1) is 0 Å². The van der Waals surface area contributed by atoms with E-state index < -0.39 is 0 Å². The van der Waals surface area contributed by atoms with Crippen LogP contribution in [0.5, 0.6) is 5.75 Å². The second kappa shape index (κ2) is 6.48. The van der Waals surface area contributed by atoms with E-state index in [2.05, 4.69) is 10.2 Å². The highest BCUT2D eigenvalue weighted by molar-refractivity contribution is 5.83. The minimum atomic E-state index is -0.343. The van der Waals surface area contributed by atoms with E-state index in [0.717, 1.165) is 64.2 Å². The molecular formula is C19H26FN3O2. The normalized spacial score (nSPS) is 25.1. The molecule has 0 radical (unpaired) electrons. The average molecular weight is 347 g/mol. The summed E-state index contributed by atoms with van der Waals surface area (Å²) < 4.78 is 18.9. The predicted octanol–water partition coefficient (Wildman–Crippen LogP) is 1.87.